The van der Waals surface area contributed by atoms with Gasteiger partial charge in [0.15, 0.2) is 0 Å². The van der Waals surface area contributed by atoms with E-state index >= 15 is 0 Å². The van der Waals surface area contributed by atoms with Crippen molar-refractivity contribution in [3.63, 3.8) is 0 Å². The van der Waals surface area contributed by atoms with E-state index in [1.54, 1.807) is 0 Å². The van der Waals surface area contributed by atoms with E-state index in [9.17, 15) is 0 Å². The monoisotopic (exact) mass is 324 g/mol. The second-order valence-corrected chi connectivity index (χ2v) is 7.27. The van der Waals surface area contributed by atoms with E-state index in [-0.39, 0.29) is 0 Å². The van der Waals surface area contributed by atoms with Gasteiger partial charge in [-0.05, 0) is 47.2 Å². The fourth-order valence-electron chi connectivity index (χ4n) is 3.16. The van der Waals surface area contributed by atoms with Crippen molar-refractivity contribution >= 4 is 0 Å². The Hall–Kier alpha value is -2.16. The molecule has 2 unspecified atom stereocenters. The number of hydrogen-bond acceptors (Lipinski definition) is 1. The first-order valence-electron chi connectivity index (χ1n) is 8.89. The van der Waals surface area contributed by atoms with Gasteiger partial charge in [-0.3, -0.25) is 0 Å². The zero-order chi connectivity index (χ0) is 17.1. The highest BCUT2D eigenvalue weighted by molar-refractivity contribution is 5.21. The van der Waals surface area contributed by atoms with Gasteiger partial charge < -0.3 is 14.0 Å². The van der Waals surface area contributed by atoms with Crippen molar-refractivity contribution in [2.75, 3.05) is 0 Å². The Balaban J connectivity index is 1.61. The van der Waals surface area contributed by atoms with Crippen LogP contribution in [0.4, 0.5) is 0 Å². The van der Waals surface area contributed by atoms with Crippen molar-refractivity contribution < 1.29 is 4.42 Å². The number of nitrogens with zero attached hydrogens (tertiary/aromatic N) is 1. The number of hydrogen-bond donors (Lipinski definition) is 1. The van der Waals surface area contributed by atoms with Gasteiger partial charge in [0.1, 0.15) is 5.76 Å². The van der Waals surface area contributed by atoms with Crippen LogP contribution in [0.15, 0.2) is 53.5 Å². The molecule has 1 N–H and O–H groups in total. The Kier molecular flexibility index (Phi) is 4.98. The molecule has 0 fully saturated rings. The van der Waals surface area contributed by atoms with Gasteiger partial charge in [0.25, 0.3) is 0 Å². The lowest BCUT2D eigenvalue weighted by Gasteiger charge is -2.11. The van der Waals surface area contributed by atoms with E-state index in [1.807, 2.05) is 12.5 Å². The smallest absolute Gasteiger partial charge is 0.104 e. The van der Waals surface area contributed by atoms with Gasteiger partial charge in [-0.25, -0.2) is 0 Å². The first-order valence-corrected chi connectivity index (χ1v) is 8.89. The summed E-state index contributed by atoms with van der Waals surface area (Å²) in [6.07, 6.45) is 9.30. The van der Waals surface area contributed by atoms with Gasteiger partial charge >= 0.3 is 0 Å². The first kappa shape index (κ1) is 16.7. The highest BCUT2D eigenvalue weighted by Crippen LogP contribution is 2.25. The number of furan rings is 1. The molecule has 24 heavy (non-hydrogen) atoms. The second-order valence-electron chi connectivity index (χ2n) is 7.27. The fraction of sp³-hybridized carbons (Fsp3) is 0.429. The van der Waals surface area contributed by atoms with E-state index in [2.05, 4.69) is 73.9 Å². The summed E-state index contributed by atoms with van der Waals surface area (Å²) in [5.74, 6) is 2.54. The van der Waals surface area contributed by atoms with Crippen LogP contribution in [0, 0.1) is 0 Å². The van der Waals surface area contributed by atoms with Crippen LogP contribution in [0.5, 0.6) is 0 Å². The number of nitrogens with one attached hydrogen (secondary N) is 1. The third kappa shape index (κ3) is 3.84. The molecule has 0 saturated carbocycles. The van der Waals surface area contributed by atoms with Crippen molar-refractivity contribution in [3.05, 3.63) is 71.7 Å². The predicted octanol–water partition coefficient (Wildman–Crippen LogP) is 5.68. The van der Waals surface area contributed by atoms with E-state index in [4.69, 9.17) is 4.42 Å². The first-order chi connectivity index (χ1) is 11.5. The molecule has 0 radical (unpaired) electrons. The highest BCUT2D eigenvalue weighted by atomic mass is 16.3. The van der Waals surface area contributed by atoms with Crippen LogP contribution < -0.4 is 0 Å². The molecule has 128 valence electrons. The van der Waals surface area contributed by atoms with E-state index < -0.39 is 0 Å². The Morgan fingerprint density at radius 1 is 1.08 bits per heavy atom. The molecule has 3 heterocycles. The van der Waals surface area contributed by atoms with E-state index in [0.29, 0.717) is 17.8 Å². The Labute approximate surface area is 144 Å². The summed E-state index contributed by atoms with van der Waals surface area (Å²) < 4.78 is 8.02. The topological polar surface area (TPSA) is 33.9 Å². The highest BCUT2D eigenvalue weighted by Gasteiger charge is 2.13. The molecule has 0 aromatic carbocycles. The molecule has 3 nitrogen and oxygen atoms in total. The van der Waals surface area contributed by atoms with Crippen LogP contribution in [0.25, 0.3) is 0 Å². The Bertz CT molecular complexity index is 749. The van der Waals surface area contributed by atoms with Crippen molar-refractivity contribution in [2.45, 2.75) is 58.4 Å². The maximum Gasteiger partial charge on any atom is 0.104 e. The molecular formula is C21H28N2O. The maximum absolute atomic E-state index is 5.73. The summed E-state index contributed by atoms with van der Waals surface area (Å²) in [6, 6.07) is 8.65. The normalized spacial score (nSPS) is 14.2. The molecule has 0 spiro atoms. The van der Waals surface area contributed by atoms with Gasteiger partial charge in [0.2, 0.25) is 0 Å². The lowest BCUT2D eigenvalue weighted by Crippen LogP contribution is -2.05. The summed E-state index contributed by atoms with van der Waals surface area (Å²) in [5, 5.41) is 0. The zero-order valence-electron chi connectivity index (χ0n) is 15.1. The number of H-pyrrole nitrogens is 1. The second kappa shape index (κ2) is 7.16. The molecule has 3 heteroatoms. The van der Waals surface area contributed by atoms with Gasteiger partial charge in [-0.1, -0.05) is 27.7 Å². The lowest BCUT2D eigenvalue weighted by atomic mass is 9.98. The van der Waals surface area contributed by atoms with Gasteiger partial charge in [0, 0.05) is 43.2 Å². The van der Waals surface area contributed by atoms with Crippen molar-refractivity contribution in [3.8, 4) is 0 Å². The van der Waals surface area contributed by atoms with E-state index in [0.717, 1.165) is 18.7 Å². The Morgan fingerprint density at radius 3 is 2.58 bits per heavy atom. The SMILES string of the molecule is CC(C)c1coc(CC(C)c2ccn(CC(C)c3ccc[nH]3)c2)c1. The molecule has 3 aromatic rings. The zero-order valence-corrected chi connectivity index (χ0v) is 15.1. The molecule has 0 aliphatic heterocycles. The number of aromatic nitrogens is 2. The average molecular weight is 324 g/mol. The van der Waals surface area contributed by atoms with Crippen molar-refractivity contribution in [2.24, 2.45) is 0 Å². The van der Waals surface area contributed by atoms with Crippen molar-refractivity contribution in [1.29, 1.82) is 0 Å². The molecule has 0 saturated heterocycles. The van der Waals surface area contributed by atoms with Gasteiger partial charge in [-0.15, -0.1) is 0 Å². The summed E-state index contributed by atoms with van der Waals surface area (Å²) in [4.78, 5) is 3.31. The van der Waals surface area contributed by atoms with Crippen molar-refractivity contribution in [1.82, 2.24) is 9.55 Å². The molecule has 0 aliphatic rings. The van der Waals surface area contributed by atoms with Crippen LogP contribution >= 0.6 is 0 Å². The molecule has 0 bridgehead atoms. The van der Waals surface area contributed by atoms with Gasteiger partial charge in [0.05, 0.1) is 6.26 Å². The van der Waals surface area contributed by atoms with E-state index in [1.165, 1.54) is 16.8 Å². The average Bonchev–Trinajstić information content (AvgIpc) is 3.28. The summed E-state index contributed by atoms with van der Waals surface area (Å²) in [7, 11) is 0. The van der Waals surface area contributed by atoms with Gasteiger partial charge in [-0.2, -0.15) is 0 Å². The van der Waals surface area contributed by atoms with Crippen LogP contribution in [-0.2, 0) is 13.0 Å². The number of aromatic amines is 1. The van der Waals surface area contributed by atoms with Crippen LogP contribution in [0.3, 0.4) is 0 Å². The number of rotatable bonds is 7. The predicted molar refractivity (Wildman–Crippen MR) is 98.6 cm³/mol. The summed E-state index contributed by atoms with van der Waals surface area (Å²) in [6.45, 7) is 9.91. The summed E-state index contributed by atoms with van der Waals surface area (Å²) >= 11 is 0. The molecule has 0 amide bonds. The quantitative estimate of drug-likeness (QED) is 0.596. The standard InChI is InChI=1S/C21H28N2O/c1-15(2)19-11-20(24-14-19)10-16(3)18-7-9-23(13-18)12-17(4)21-6-5-8-22-21/h5-9,11,13-17,22H,10,12H2,1-4H3. The lowest BCUT2D eigenvalue weighted by molar-refractivity contribution is 0.490. The largest absolute Gasteiger partial charge is 0.469 e. The minimum absolute atomic E-state index is 0.457. The maximum atomic E-state index is 5.73. The van der Waals surface area contributed by atoms with Crippen LogP contribution in [-0.4, -0.2) is 9.55 Å². The minimum atomic E-state index is 0.457. The molecule has 0 aliphatic carbocycles. The molecule has 3 aromatic heterocycles. The minimum Gasteiger partial charge on any atom is -0.469 e. The van der Waals surface area contributed by atoms with Crippen LogP contribution in [0.2, 0.25) is 0 Å². The molecule has 2 atom stereocenters. The molecular weight excluding hydrogens is 296 g/mol. The van der Waals surface area contributed by atoms with Crippen LogP contribution in [0.1, 0.15) is 68.0 Å². The fourth-order valence-corrected chi connectivity index (χ4v) is 3.16. The third-order valence-electron chi connectivity index (χ3n) is 4.83. The third-order valence-corrected chi connectivity index (χ3v) is 4.83. The summed E-state index contributed by atoms with van der Waals surface area (Å²) in [5.41, 5.74) is 3.95. The Morgan fingerprint density at radius 2 is 1.92 bits per heavy atom. The molecule has 3 rings (SSSR count).